The minimum Gasteiger partial charge on any atom is -0.377 e. The Bertz CT molecular complexity index is 761. The Labute approximate surface area is 192 Å². The van der Waals surface area contributed by atoms with Gasteiger partial charge in [0, 0.05) is 25.6 Å². The summed E-state index contributed by atoms with van der Waals surface area (Å²) in [4.78, 5) is 4.73. The van der Waals surface area contributed by atoms with Crippen molar-refractivity contribution < 1.29 is 13.2 Å². The first-order chi connectivity index (χ1) is 13.1. The molecule has 0 bridgehead atoms. The Kier molecular flexibility index (Phi) is 10.3. The smallest absolute Gasteiger partial charge is 0.238 e. The van der Waals surface area contributed by atoms with Crippen molar-refractivity contribution in [2.45, 2.75) is 58.1 Å². The normalized spacial score (nSPS) is 20.7. The molecule has 1 fully saturated rings. The lowest BCUT2D eigenvalue weighted by atomic mass is 9.78. The molecule has 7 nitrogen and oxygen atoms in total. The molecule has 2 unspecified atom stereocenters. The van der Waals surface area contributed by atoms with E-state index in [2.05, 4.69) is 36.4 Å². The summed E-state index contributed by atoms with van der Waals surface area (Å²) < 4.78 is 28.8. The molecule has 0 aliphatic carbocycles. The van der Waals surface area contributed by atoms with Crippen LogP contribution in [0.25, 0.3) is 0 Å². The second kappa shape index (κ2) is 11.5. The first-order valence-electron chi connectivity index (χ1n) is 9.87. The number of primary sulfonamides is 1. The van der Waals surface area contributed by atoms with E-state index in [0.717, 1.165) is 44.1 Å². The number of halogens is 1. The highest BCUT2D eigenvalue weighted by atomic mass is 127. The number of benzene rings is 1. The van der Waals surface area contributed by atoms with Gasteiger partial charge >= 0.3 is 0 Å². The Morgan fingerprint density at radius 2 is 1.90 bits per heavy atom. The van der Waals surface area contributed by atoms with Crippen molar-refractivity contribution in [3.8, 4) is 0 Å². The zero-order valence-electron chi connectivity index (χ0n) is 17.8. The fraction of sp³-hybridized carbons (Fsp3) is 0.650. The minimum absolute atomic E-state index is 0. The number of rotatable bonds is 6. The molecule has 0 aromatic heterocycles. The van der Waals surface area contributed by atoms with Gasteiger partial charge in [-0.3, -0.25) is 0 Å². The van der Waals surface area contributed by atoms with Gasteiger partial charge < -0.3 is 15.4 Å². The van der Waals surface area contributed by atoms with E-state index >= 15 is 0 Å². The minimum atomic E-state index is -3.67. The van der Waals surface area contributed by atoms with E-state index in [0.29, 0.717) is 12.5 Å². The number of nitrogens with two attached hydrogens (primary N) is 1. The fourth-order valence-corrected chi connectivity index (χ4v) is 4.05. The van der Waals surface area contributed by atoms with Crippen LogP contribution in [0.2, 0.25) is 0 Å². The van der Waals surface area contributed by atoms with Crippen molar-refractivity contribution in [2.24, 2.45) is 21.5 Å². The standard InChI is InChI=1S/C20H34N4O3S.HI/c1-5-22-19(23-13-15-8-10-17(11-9-15)28(21,25)26)24-14-16-7-6-12-27-18(16)20(2,3)4;/h8-11,16,18H,5-7,12-14H2,1-4H3,(H2,21,25,26)(H2,22,23,24);1H. The third-order valence-corrected chi connectivity index (χ3v) is 5.78. The second-order valence-corrected chi connectivity index (χ2v) is 9.89. The summed E-state index contributed by atoms with van der Waals surface area (Å²) in [5.74, 6) is 1.18. The number of hydrogen-bond donors (Lipinski definition) is 3. The monoisotopic (exact) mass is 538 g/mol. The summed E-state index contributed by atoms with van der Waals surface area (Å²) in [6.07, 6.45) is 2.45. The third-order valence-electron chi connectivity index (χ3n) is 4.85. The lowest BCUT2D eigenvalue weighted by Gasteiger charge is -2.40. The van der Waals surface area contributed by atoms with E-state index in [4.69, 9.17) is 9.88 Å². The van der Waals surface area contributed by atoms with Crippen LogP contribution in [0.1, 0.15) is 46.1 Å². The molecule has 1 aliphatic rings. The van der Waals surface area contributed by atoms with Crippen molar-refractivity contribution in [2.75, 3.05) is 19.7 Å². The lowest BCUT2D eigenvalue weighted by molar-refractivity contribution is -0.0835. The summed E-state index contributed by atoms with van der Waals surface area (Å²) >= 11 is 0. The summed E-state index contributed by atoms with van der Waals surface area (Å²) in [5.41, 5.74) is 1.02. The molecule has 29 heavy (non-hydrogen) atoms. The van der Waals surface area contributed by atoms with Gasteiger partial charge in [-0.25, -0.2) is 18.5 Å². The molecule has 0 amide bonds. The molecule has 0 radical (unpaired) electrons. The molecule has 9 heteroatoms. The van der Waals surface area contributed by atoms with E-state index in [-0.39, 0.29) is 40.4 Å². The highest BCUT2D eigenvalue weighted by Gasteiger charge is 2.35. The lowest BCUT2D eigenvalue weighted by Crippen LogP contribution is -2.47. The zero-order valence-corrected chi connectivity index (χ0v) is 20.9. The number of aliphatic imine (C=N–C) groups is 1. The molecular weight excluding hydrogens is 503 g/mol. The van der Waals surface area contributed by atoms with Crippen molar-refractivity contribution in [1.29, 1.82) is 0 Å². The van der Waals surface area contributed by atoms with Crippen LogP contribution in [-0.4, -0.2) is 40.2 Å². The maximum absolute atomic E-state index is 11.3. The second-order valence-electron chi connectivity index (χ2n) is 8.32. The van der Waals surface area contributed by atoms with E-state index in [1.165, 1.54) is 12.1 Å². The Morgan fingerprint density at radius 1 is 1.24 bits per heavy atom. The van der Waals surface area contributed by atoms with Crippen LogP contribution >= 0.6 is 24.0 Å². The van der Waals surface area contributed by atoms with Crippen LogP contribution in [0, 0.1) is 11.3 Å². The number of ether oxygens (including phenoxy) is 1. The number of nitrogens with one attached hydrogen (secondary N) is 2. The van der Waals surface area contributed by atoms with Crippen molar-refractivity contribution >= 4 is 40.0 Å². The Morgan fingerprint density at radius 3 is 2.45 bits per heavy atom. The average molecular weight is 538 g/mol. The number of guanidine groups is 1. The van der Waals surface area contributed by atoms with Crippen molar-refractivity contribution in [3.63, 3.8) is 0 Å². The predicted octanol–water partition coefficient (Wildman–Crippen LogP) is 2.85. The van der Waals surface area contributed by atoms with Crippen LogP contribution in [0.5, 0.6) is 0 Å². The van der Waals surface area contributed by atoms with Gasteiger partial charge in [0.15, 0.2) is 5.96 Å². The molecule has 1 aliphatic heterocycles. The highest BCUT2D eigenvalue weighted by molar-refractivity contribution is 14.0. The van der Waals surface area contributed by atoms with Crippen molar-refractivity contribution in [3.05, 3.63) is 29.8 Å². The van der Waals surface area contributed by atoms with Crippen LogP contribution < -0.4 is 15.8 Å². The van der Waals surface area contributed by atoms with Crippen LogP contribution in [0.4, 0.5) is 0 Å². The molecule has 2 rings (SSSR count). The predicted molar refractivity (Wildman–Crippen MR) is 128 cm³/mol. The molecule has 1 heterocycles. The summed E-state index contributed by atoms with van der Waals surface area (Å²) in [6, 6.07) is 6.48. The average Bonchev–Trinajstić information content (AvgIpc) is 2.63. The quantitative estimate of drug-likeness (QED) is 0.294. The van der Waals surface area contributed by atoms with Gasteiger partial charge in [0.05, 0.1) is 17.5 Å². The number of sulfonamides is 1. The molecular formula is C20H35IN4O3S. The maximum Gasteiger partial charge on any atom is 0.238 e. The number of nitrogens with zero attached hydrogens (tertiary/aromatic N) is 1. The third kappa shape index (κ3) is 8.39. The topological polar surface area (TPSA) is 106 Å². The fourth-order valence-electron chi connectivity index (χ4n) is 3.53. The largest absolute Gasteiger partial charge is 0.377 e. The molecule has 2 atom stereocenters. The van der Waals surface area contributed by atoms with E-state index in [1.54, 1.807) is 12.1 Å². The van der Waals surface area contributed by atoms with Gasteiger partial charge in [-0.15, -0.1) is 24.0 Å². The van der Waals surface area contributed by atoms with Gasteiger partial charge in [-0.1, -0.05) is 32.9 Å². The summed E-state index contributed by atoms with van der Waals surface area (Å²) in [5, 5.41) is 11.8. The number of hydrogen-bond acceptors (Lipinski definition) is 4. The van der Waals surface area contributed by atoms with Gasteiger partial charge in [-0.2, -0.15) is 0 Å². The Hall–Kier alpha value is -0.910. The molecule has 1 aromatic carbocycles. The van der Waals surface area contributed by atoms with Crippen molar-refractivity contribution in [1.82, 2.24) is 10.6 Å². The van der Waals surface area contributed by atoms with Gasteiger partial charge in [0.25, 0.3) is 0 Å². The molecule has 0 saturated carbocycles. The van der Waals surface area contributed by atoms with Gasteiger partial charge in [-0.05, 0) is 42.9 Å². The first-order valence-corrected chi connectivity index (χ1v) is 11.4. The Balaban J connectivity index is 0.00000420. The van der Waals surface area contributed by atoms with Gasteiger partial charge in [0.2, 0.25) is 10.0 Å². The molecule has 166 valence electrons. The van der Waals surface area contributed by atoms with Gasteiger partial charge in [0.1, 0.15) is 0 Å². The molecule has 1 saturated heterocycles. The summed E-state index contributed by atoms with van der Waals surface area (Å²) in [6.45, 7) is 11.5. The maximum atomic E-state index is 11.3. The van der Waals surface area contributed by atoms with Crippen LogP contribution in [0.15, 0.2) is 34.2 Å². The first kappa shape index (κ1) is 26.1. The highest BCUT2D eigenvalue weighted by Crippen LogP contribution is 2.33. The van der Waals surface area contributed by atoms with E-state index in [9.17, 15) is 8.42 Å². The van der Waals surface area contributed by atoms with E-state index in [1.807, 2.05) is 6.92 Å². The molecule has 4 N–H and O–H groups in total. The SMILES string of the molecule is CCNC(=NCc1ccc(S(N)(=O)=O)cc1)NCC1CCCOC1C(C)(C)C.I. The molecule has 0 spiro atoms. The van der Waals surface area contributed by atoms with Crippen LogP contribution in [-0.2, 0) is 21.3 Å². The molecule has 1 aromatic rings. The van der Waals surface area contributed by atoms with E-state index < -0.39 is 10.0 Å². The summed E-state index contributed by atoms with van der Waals surface area (Å²) in [7, 11) is -3.67. The zero-order chi connectivity index (χ0) is 20.8. The van der Waals surface area contributed by atoms with Crippen LogP contribution in [0.3, 0.4) is 0 Å².